The van der Waals surface area contributed by atoms with Crippen LogP contribution < -0.4 is 5.32 Å². The fourth-order valence-corrected chi connectivity index (χ4v) is 3.53. The van der Waals surface area contributed by atoms with Gasteiger partial charge < -0.3 is 15.0 Å². The minimum atomic E-state index is -0.705. The molecule has 0 spiro atoms. The van der Waals surface area contributed by atoms with Crippen LogP contribution in [-0.4, -0.2) is 47.6 Å². The molecule has 0 aromatic carbocycles. The van der Waals surface area contributed by atoms with Crippen molar-refractivity contribution in [3.8, 4) is 0 Å². The van der Waals surface area contributed by atoms with Gasteiger partial charge >= 0.3 is 0 Å². The first-order chi connectivity index (χ1) is 10.1. The van der Waals surface area contributed by atoms with Crippen molar-refractivity contribution in [1.29, 1.82) is 0 Å². The molecule has 2 aliphatic rings. The van der Waals surface area contributed by atoms with E-state index in [2.05, 4.69) is 5.32 Å². The third-order valence-corrected chi connectivity index (χ3v) is 5.05. The summed E-state index contributed by atoms with van der Waals surface area (Å²) in [6.07, 6.45) is 5.20. The van der Waals surface area contributed by atoms with Crippen LogP contribution in [0.25, 0.3) is 0 Å². The molecule has 5 nitrogen and oxygen atoms in total. The van der Waals surface area contributed by atoms with Crippen molar-refractivity contribution in [2.75, 3.05) is 13.2 Å². The molecular formula is C16H28N2O3. The molecule has 21 heavy (non-hydrogen) atoms. The third kappa shape index (κ3) is 2.93. The summed E-state index contributed by atoms with van der Waals surface area (Å²) in [4.78, 5) is 27.2. The van der Waals surface area contributed by atoms with Crippen molar-refractivity contribution in [3.63, 3.8) is 0 Å². The molecule has 0 aliphatic carbocycles. The largest absolute Gasteiger partial charge is 0.376 e. The lowest BCUT2D eigenvalue weighted by Crippen LogP contribution is -2.71. The number of ether oxygens (including phenoxy) is 1. The third-order valence-electron chi connectivity index (χ3n) is 5.05. The molecule has 2 atom stereocenters. The van der Waals surface area contributed by atoms with Gasteiger partial charge in [0.2, 0.25) is 11.8 Å². The highest BCUT2D eigenvalue weighted by molar-refractivity contribution is 5.99. The van der Waals surface area contributed by atoms with Crippen LogP contribution >= 0.6 is 0 Å². The smallest absolute Gasteiger partial charge is 0.246 e. The van der Waals surface area contributed by atoms with Gasteiger partial charge in [0.1, 0.15) is 11.6 Å². The van der Waals surface area contributed by atoms with Crippen molar-refractivity contribution >= 4 is 11.8 Å². The van der Waals surface area contributed by atoms with Gasteiger partial charge in [-0.3, -0.25) is 9.59 Å². The second kappa shape index (κ2) is 6.77. The summed E-state index contributed by atoms with van der Waals surface area (Å²) in [5, 5.41) is 2.90. The van der Waals surface area contributed by atoms with Gasteiger partial charge in [0.25, 0.3) is 0 Å². The topological polar surface area (TPSA) is 58.6 Å². The number of hydrogen-bond acceptors (Lipinski definition) is 3. The van der Waals surface area contributed by atoms with Crippen LogP contribution in [0.15, 0.2) is 0 Å². The molecule has 2 rings (SSSR count). The molecule has 2 amide bonds. The lowest BCUT2D eigenvalue weighted by molar-refractivity contribution is -0.161. The Labute approximate surface area is 127 Å². The van der Waals surface area contributed by atoms with Crippen molar-refractivity contribution in [2.24, 2.45) is 0 Å². The van der Waals surface area contributed by atoms with Crippen LogP contribution in [0.4, 0.5) is 0 Å². The molecule has 2 saturated heterocycles. The normalized spacial score (nSPS) is 29.4. The highest BCUT2D eigenvalue weighted by Gasteiger charge is 2.50. The summed E-state index contributed by atoms with van der Waals surface area (Å²) < 4.78 is 5.79. The Morgan fingerprint density at radius 3 is 2.48 bits per heavy atom. The number of amides is 2. The summed E-state index contributed by atoms with van der Waals surface area (Å²) >= 11 is 0. The van der Waals surface area contributed by atoms with Crippen LogP contribution in [0.2, 0.25) is 0 Å². The van der Waals surface area contributed by atoms with Crippen LogP contribution in [0, 0.1) is 0 Å². The Balaban J connectivity index is 2.24. The second-order valence-corrected chi connectivity index (χ2v) is 6.11. The van der Waals surface area contributed by atoms with Gasteiger partial charge in [0.15, 0.2) is 0 Å². The second-order valence-electron chi connectivity index (χ2n) is 6.11. The minimum absolute atomic E-state index is 0.00485. The van der Waals surface area contributed by atoms with Gasteiger partial charge in [-0.1, -0.05) is 20.8 Å². The molecule has 0 aromatic rings. The quantitative estimate of drug-likeness (QED) is 0.842. The lowest BCUT2D eigenvalue weighted by Gasteiger charge is -2.48. The van der Waals surface area contributed by atoms with E-state index in [-0.39, 0.29) is 24.0 Å². The first-order valence-electron chi connectivity index (χ1n) is 8.33. The van der Waals surface area contributed by atoms with Crippen LogP contribution in [0.1, 0.15) is 59.3 Å². The highest BCUT2D eigenvalue weighted by atomic mass is 16.5. The Bertz CT molecular complexity index is 387. The van der Waals surface area contributed by atoms with Gasteiger partial charge in [-0.2, -0.15) is 0 Å². The summed E-state index contributed by atoms with van der Waals surface area (Å²) in [6, 6.07) is -0.382. The first kappa shape index (κ1) is 16.3. The summed E-state index contributed by atoms with van der Waals surface area (Å²) in [5.74, 6) is 0.0460. The van der Waals surface area contributed by atoms with Gasteiger partial charge in [-0.15, -0.1) is 0 Å². The van der Waals surface area contributed by atoms with E-state index in [1.54, 1.807) is 0 Å². The Morgan fingerprint density at radius 2 is 1.95 bits per heavy atom. The number of nitrogens with zero attached hydrogens (tertiary/aromatic N) is 1. The van der Waals surface area contributed by atoms with Crippen molar-refractivity contribution in [2.45, 2.75) is 77.0 Å². The molecule has 2 fully saturated rings. The zero-order valence-electron chi connectivity index (χ0n) is 13.5. The maximum absolute atomic E-state index is 12.8. The zero-order chi connectivity index (χ0) is 15.5. The minimum Gasteiger partial charge on any atom is -0.376 e. The Hall–Kier alpha value is -1.10. The Kier molecular flexibility index (Phi) is 5.25. The molecule has 1 N–H and O–H groups in total. The van der Waals surface area contributed by atoms with Crippen molar-refractivity contribution in [1.82, 2.24) is 10.2 Å². The highest BCUT2D eigenvalue weighted by Crippen LogP contribution is 2.31. The molecular weight excluding hydrogens is 268 g/mol. The van der Waals surface area contributed by atoms with E-state index in [0.717, 1.165) is 25.9 Å². The number of rotatable bonds is 5. The fourth-order valence-electron chi connectivity index (χ4n) is 3.53. The average molecular weight is 296 g/mol. The number of hydrogen-bond donors (Lipinski definition) is 1. The first-order valence-corrected chi connectivity index (χ1v) is 8.33. The molecule has 2 heterocycles. The maximum atomic E-state index is 12.8. The van der Waals surface area contributed by atoms with Gasteiger partial charge in [0, 0.05) is 13.2 Å². The Morgan fingerprint density at radius 1 is 1.24 bits per heavy atom. The monoisotopic (exact) mass is 296 g/mol. The molecule has 2 aliphatic heterocycles. The molecule has 0 radical (unpaired) electrons. The van der Waals surface area contributed by atoms with E-state index in [1.165, 1.54) is 0 Å². The van der Waals surface area contributed by atoms with E-state index in [9.17, 15) is 9.59 Å². The number of carbonyl (C=O) groups excluding carboxylic acids is 2. The van der Waals surface area contributed by atoms with Crippen molar-refractivity contribution < 1.29 is 14.3 Å². The van der Waals surface area contributed by atoms with Crippen LogP contribution in [-0.2, 0) is 14.3 Å². The van der Waals surface area contributed by atoms with E-state index < -0.39 is 5.54 Å². The predicted octanol–water partition coefficient (Wildman–Crippen LogP) is 1.85. The number of nitrogens with one attached hydrogen (secondary N) is 1. The SMILES string of the molecule is CCC1NC(=O)C(CC)(CC)N(CC2CCCCO2)C1=O. The maximum Gasteiger partial charge on any atom is 0.246 e. The van der Waals surface area contributed by atoms with Crippen LogP contribution in [0.5, 0.6) is 0 Å². The molecule has 120 valence electrons. The summed E-state index contributed by atoms with van der Waals surface area (Å²) in [6.45, 7) is 7.21. The van der Waals surface area contributed by atoms with E-state index in [0.29, 0.717) is 25.8 Å². The molecule has 2 unspecified atom stereocenters. The van der Waals surface area contributed by atoms with Gasteiger partial charge in [-0.05, 0) is 38.5 Å². The number of piperazine rings is 1. The predicted molar refractivity (Wildman–Crippen MR) is 80.8 cm³/mol. The van der Waals surface area contributed by atoms with E-state index >= 15 is 0 Å². The van der Waals surface area contributed by atoms with Crippen molar-refractivity contribution in [3.05, 3.63) is 0 Å². The molecule has 0 aromatic heterocycles. The molecule has 5 heteroatoms. The van der Waals surface area contributed by atoms with Crippen LogP contribution in [0.3, 0.4) is 0 Å². The fraction of sp³-hybridized carbons (Fsp3) is 0.875. The molecule has 0 bridgehead atoms. The molecule has 0 saturated carbocycles. The lowest BCUT2D eigenvalue weighted by atomic mass is 9.85. The van der Waals surface area contributed by atoms with Gasteiger partial charge in [0.05, 0.1) is 6.10 Å². The van der Waals surface area contributed by atoms with E-state index in [1.807, 2.05) is 25.7 Å². The zero-order valence-corrected chi connectivity index (χ0v) is 13.5. The van der Waals surface area contributed by atoms with E-state index in [4.69, 9.17) is 4.74 Å². The number of carbonyl (C=O) groups is 2. The summed E-state index contributed by atoms with van der Waals surface area (Å²) in [7, 11) is 0. The van der Waals surface area contributed by atoms with Gasteiger partial charge in [-0.25, -0.2) is 0 Å². The summed E-state index contributed by atoms with van der Waals surface area (Å²) in [5.41, 5.74) is -0.705. The average Bonchev–Trinajstić information content (AvgIpc) is 2.52. The standard InChI is InChI=1S/C16H28N2O3/c1-4-13-14(19)18(11-12-9-7-8-10-21-12)16(5-2,6-3)15(20)17-13/h12-13H,4-11H2,1-3H3,(H,17,20).